The molecular weight excluding hydrogens is 428 g/mol. The Kier molecular flexibility index (Phi) is 4.55. The van der Waals surface area contributed by atoms with E-state index in [1.165, 1.54) is 40.1 Å². The van der Waals surface area contributed by atoms with Crippen LogP contribution in [0.3, 0.4) is 0 Å². The molecule has 0 aliphatic heterocycles. The highest BCUT2D eigenvalue weighted by molar-refractivity contribution is 7.13. The Balaban J connectivity index is 1.71. The molecule has 31 heavy (non-hydrogen) atoms. The predicted molar refractivity (Wildman–Crippen MR) is 110 cm³/mol. The number of benzene rings is 2. The standard InChI is InChI=1S/C22H12F4N4S/c23-16-9-5-13(6-10-16)20-27-19-12-17(18-2-1-11-31-18)29-30(19)21(28-20)14-3-7-15(8-4-14)22(24,25)26/h1-12H. The van der Waals surface area contributed by atoms with E-state index in [9.17, 15) is 17.6 Å². The van der Waals surface area contributed by atoms with Crippen molar-refractivity contribution in [1.29, 1.82) is 0 Å². The molecule has 0 bridgehead atoms. The minimum Gasteiger partial charge on any atom is -0.209 e. The summed E-state index contributed by atoms with van der Waals surface area (Å²) in [5.74, 6) is 0.262. The van der Waals surface area contributed by atoms with Gasteiger partial charge in [-0.1, -0.05) is 18.2 Å². The summed E-state index contributed by atoms with van der Waals surface area (Å²) in [6, 6.07) is 16.0. The lowest BCUT2D eigenvalue weighted by Gasteiger charge is -2.10. The quantitative estimate of drug-likeness (QED) is 0.307. The Morgan fingerprint density at radius 2 is 1.55 bits per heavy atom. The Morgan fingerprint density at radius 1 is 0.839 bits per heavy atom. The van der Waals surface area contributed by atoms with Crippen LogP contribution in [0.4, 0.5) is 17.6 Å². The summed E-state index contributed by atoms with van der Waals surface area (Å²) in [5.41, 5.74) is 1.43. The maximum atomic E-state index is 13.3. The van der Waals surface area contributed by atoms with E-state index in [1.807, 2.05) is 17.5 Å². The molecule has 0 radical (unpaired) electrons. The van der Waals surface area contributed by atoms with Crippen LogP contribution >= 0.6 is 11.3 Å². The third-order valence-corrected chi connectivity index (χ3v) is 5.56. The first-order valence-electron chi connectivity index (χ1n) is 9.14. The number of aromatic nitrogens is 4. The molecule has 0 atom stereocenters. The van der Waals surface area contributed by atoms with Crippen molar-refractivity contribution in [2.24, 2.45) is 0 Å². The topological polar surface area (TPSA) is 43.1 Å². The number of thiophene rings is 1. The predicted octanol–water partition coefficient (Wildman–Crippen LogP) is 6.34. The van der Waals surface area contributed by atoms with E-state index in [0.29, 0.717) is 34.1 Å². The van der Waals surface area contributed by atoms with Crippen molar-refractivity contribution in [2.75, 3.05) is 0 Å². The van der Waals surface area contributed by atoms with Gasteiger partial charge in [0.15, 0.2) is 17.3 Å². The van der Waals surface area contributed by atoms with E-state index in [2.05, 4.69) is 15.1 Å². The Hall–Kier alpha value is -3.59. The summed E-state index contributed by atoms with van der Waals surface area (Å²) in [6.07, 6.45) is -4.43. The second-order valence-corrected chi connectivity index (χ2v) is 7.68. The highest BCUT2D eigenvalue weighted by Gasteiger charge is 2.30. The van der Waals surface area contributed by atoms with Crippen LogP contribution < -0.4 is 0 Å². The molecule has 0 saturated heterocycles. The van der Waals surface area contributed by atoms with Crippen molar-refractivity contribution in [1.82, 2.24) is 19.6 Å². The van der Waals surface area contributed by atoms with E-state index in [1.54, 1.807) is 18.2 Å². The first-order chi connectivity index (χ1) is 14.9. The lowest BCUT2D eigenvalue weighted by molar-refractivity contribution is -0.137. The van der Waals surface area contributed by atoms with Crippen LogP contribution in [0.25, 0.3) is 39.0 Å². The first kappa shape index (κ1) is 19.4. The number of hydrogen-bond donors (Lipinski definition) is 0. The molecule has 0 aliphatic carbocycles. The summed E-state index contributed by atoms with van der Waals surface area (Å²) in [5, 5.41) is 6.49. The zero-order chi connectivity index (χ0) is 21.6. The van der Waals surface area contributed by atoms with Gasteiger partial charge < -0.3 is 0 Å². The molecule has 5 aromatic rings. The minimum atomic E-state index is -4.43. The van der Waals surface area contributed by atoms with Gasteiger partial charge in [0.05, 0.1) is 10.4 Å². The largest absolute Gasteiger partial charge is 0.416 e. The van der Waals surface area contributed by atoms with Crippen LogP contribution in [0, 0.1) is 5.82 Å². The van der Waals surface area contributed by atoms with E-state index < -0.39 is 17.6 Å². The highest BCUT2D eigenvalue weighted by Crippen LogP contribution is 2.32. The SMILES string of the molecule is Fc1ccc(-c2nc(-c3ccc(C(F)(F)F)cc3)n3nc(-c4cccs4)cc3n2)cc1. The van der Waals surface area contributed by atoms with Crippen molar-refractivity contribution >= 4 is 17.0 Å². The lowest BCUT2D eigenvalue weighted by Crippen LogP contribution is -2.05. The molecular formula is C22H12F4N4S. The molecule has 0 aliphatic rings. The molecule has 0 fully saturated rings. The van der Waals surface area contributed by atoms with Crippen LogP contribution in [0.1, 0.15) is 5.56 Å². The molecule has 0 amide bonds. The van der Waals surface area contributed by atoms with Gasteiger partial charge in [0.25, 0.3) is 0 Å². The van der Waals surface area contributed by atoms with E-state index in [0.717, 1.165) is 17.0 Å². The van der Waals surface area contributed by atoms with E-state index in [4.69, 9.17) is 0 Å². The third kappa shape index (κ3) is 3.68. The summed E-state index contributed by atoms with van der Waals surface area (Å²) < 4.78 is 53.8. The summed E-state index contributed by atoms with van der Waals surface area (Å²) in [6.45, 7) is 0. The van der Waals surface area contributed by atoms with Gasteiger partial charge in [0, 0.05) is 17.2 Å². The summed E-state index contributed by atoms with van der Waals surface area (Å²) in [7, 11) is 0. The number of hydrogen-bond acceptors (Lipinski definition) is 4. The van der Waals surface area contributed by atoms with Gasteiger partial charge in [-0.05, 0) is 47.8 Å². The van der Waals surface area contributed by atoms with Gasteiger partial charge in [-0.15, -0.1) is 11.3 Å². The fourth-order valence-corrected chi connectivity index (χ4v) is 3.84. The van der Waals surface area contributed by atoms with Crippen LogP contribution in [0.5, 0.6) is 0 Å². The molecule has 0 saturated carbocycles. The first-order valence-corrected chi connectivity index (χ1v) is 10.0. The Bertz CT molecular complexity index is 1360. The number of alkyl halides is 3. The number of fused-ring (bicyclic) bond motifs is 1. The van der Waals surface area contributed by atoms with Crippen LogP contribution in [-0.2, 0) is 6.18 Å². The second-order valence-electron chi connectivity index (χ2n) is 6.73. The van der Waals surface area contributed by atoms with Crippen molar-refractivity contribution < 1.29 is 17.6 Å². The normalized spacial score (nSPS) is 11.9. The van der Waals surface area contributed by atoms with Gasteiger partial charge in [-0.2, -0.15) is 22.8 Å². The van der Waals surface area contributed by atoms with Gasteiger partial charge >= 0.3 is 6.18 Å². The fraction of sp³-hybridized carbons (Fsp3) is 0.0455. The van der Waals surface area contributed by atoms with Gasteiger partial charge in [-0.25, -0.2) is 14.4 Å². The molecule has 154 valence electrons. The smallest absolute Gasteiger partial charge is 0.209 e. The molecule has 0 spiro atoms. The molecule has 9 heteroatoms. The Labute approximate surface area is 177 Å². The molecule has 3 aromatic heterocycles. The molecule has 0 N–H and O–H groups in total. The molecule has 4 nitrogen and oxygen atoms in total. The summed E-state index contributed by atoms with van der Waals surface area (Å²) in [4.78, 5) is 10.0. The zero-order valence-electron chi connectivity index (χ0n) is 15.6. The van der Waals surface area contributed by atoms with Crippen LogP contribution in [0.2, 0.25) is 0 Å². The van der Waals surface area contributed by atoms with Crippen LogP contribution in [0.15, 0.2) is 72.1 Å². The van der Waals surface area contributed by atoms with Crippen molar-refractivity contribution in [3.8, 4) is 33.3 Å². The Morgan fingerprint density at radius 3 is 2.19 bits per heavy atom. The van der Waals surface area contributed by atoms with Crippen molar-refractivity contribution in [2.45, 2.75) is 6.18 Å². The van der Waals surface area contributed by atoms with Crippen molar-refractivity contribution in [3.05, 3.63) is 83.5 Å². The number of rotatable bonds is 3. The van der Waals surface area contributed by atoms with Crippen LogP contribution in [-0.4, -0.2) is 19.6 Å². The average Bonchev–Trinajstić information content (AvgIpc) is 3.43. The second kappa shape index (κ2) is 7.28. The van der Waals surface area contributed by atoms with E-state index in [-0.39, 0.29) is 0 Å². The minimum absolute atomic E-state index is 0.319. The number of nitrogens with zero attached hydrogens (tertiary/aromatic N) is 4. The molecule has 2 aromatic carbocycles. The number of halogens is 4. The fourth-order valence-electron chi connectivity index (χ4n) is 3.16. The van der Waals surface area contributed by atoms with E-state index >= 15 is 0 Å². The highest BCUT2D eigenvalue weighted by atomic mass is 32.1. The lowest BCUT2D eigenvalue weighted by atomic mass is 10.1. The van der Waals surface area contributed by atoms with Crippen molar-refractivity contribution in [3.63, 3.8) is 0 Å². The maximum Gasteiger partial charge on any atom is 0.416 e. The maximum absolute atomic E-state index is 13.3. The monoisotopic (exact) mass is 440 g/mol. The van der Waals surface area contributed by atoms with Gasteiger partial charge in [-0.3, -0.25) is 0 Å². The molecule has 0 unspecified atom stereocenters. The average molecular weight is 440 g/mol. The molecule has 5 rings (SSSR count). The van der Waals surface area contributed by atoms with Gasteiger partial charge in [0.1, 0.15) is 11.5 Å². The molecule has 3 heterocycles. The zero-order valence-corrected chi connectivity index (χ0v) is 16.5. The third-order valence-electron chi connectivity index (χ3n) is 4.67. The summed E-state index contributed by atoms with van der Waals surface area (Å²) >= 11 is 1.51. The van der Waals surface area contributed by atoms with Gasteiger partial charge in [0.2, 0.25) is 0 Å².